The van der Waals surface area contributed by atoms with Crippen LogP contribution in [0.2, 0.25) is 0 Å². The summed E-state index contributed by atoms with van der Waals surface area (Å²) in [6.07, 6.45) is 6.61. The quantitative estimate of drug-likeness (QED) is 0.431. The first-order chi connectivity index (χ1) is 15.6. The van der Waals surface area contributed by atoms with Crippen molar-refractivity contribution < 1.29 is 4.74 Å². The average Bonchev–Trinajstić information content (AvgIpc) is 3.48. The standard InChI is InChI=1S/C23H23N7OS/c1-14-27-21(26-12-23-30-29-15(2)32-23)10-22(28-14)31-13-18-9-19(18)20-4-3-17(11-25-20)16-5-7-24-8-6-16/h3-8,10-11,18-19H,9,12-13H2,1-2H3,(H,26,27,28). The first-order valence-corrected chi connectivity index (χ1v) is 11.3. The molecule has 8 nitrogen and oxygen atoms in total. The molecule has 0 amide bonds. The fourth-order valence-corrected chi connectivity index (χ4v) is 4.25. The van der Waals surface area contributed by atoms with Gasteiger partial charge in [0.05, 0.1) is 13.2 Å². The zero-order chi connectivity index (χ0) is 21.9. The van der Waals surface area contributed by atoms with Crippen LogP contribution in [-0.4, -0.2) is 36.7 Å². The van der Waals surface area contributed by atoms with Gasteiger partial charge in [-0.1, -0.05) is 17.4 Å². The van der Waals surface area contributed by atoms with E-state index in [2.05, 4.69) is 47.6 Å². The molecule has 1 aliphatic carbocycles. The highest BCUT2D eigenvalue weighted by Crippen LogP contribution is 2.46. The highest BCUT2D eigenvalue weighted by molar-refractivity contribution is 7.11. The lowest BCUT2D eigenvalue weighted by molar-refractivity contribution is 0.284. The number of nitrogens with one attached hydrogen (secondary N) is 1. The van der Waals surface area contributed by atoms with Crippen LogP contribution in [0.5, 0.6) is 5.88 Å². The lowest BCUT2D eigenvalue weighted by Crippen LogP contribution is -2.07. The summed E-state index contributed by atoms with van der Waals surface area (Å²) in [6.45, 7) is 5.00. The van der Waals surface area contributed by atoms with Crippen molar-refractivity contribution in [3.63, 3.8) is 0 Å². The van der Waals surface area contributed by atoms with E-state index in [1.807, 2.05) is 38.2 Å². The molecule has 162 valence electrons. The first kappa shape index (κ1) is 20.4. The fraction of sp³-hybridized carbons (Fsp3) is 0.304. The molecule has 0 saturated heterocycles. The highest BCUT2D eigenvalue weighted by atomic mass is 32.1. The Kier molecular flexibility index (Phi) is 5.72. The monoisotopic (exact) mass is 445 g/mol. The normalized spacial score (nSPS) is 17.2. The molecule has 0 spiro atoms. The van der Waals surface area contributed by atoms with Crippen molar-refractivity contribution in [1.29, 1.82) is 0 Å². The molecule has 1 aliphatic rings. The summed E-state index contributed by atoms with van der Waals surface area (Å²) >= 11 is 1.57. The Balaban J connectivity index is 1.16. The van der Waals surface area contributed by atoms with E-state index in [4.69, 9.17) is 4.74 Å². The van der Waals surface area contributed by atoms with E-state index in [1.54, 1.807) is 23.7 Å². The van der Waals surface area contributed by atoms with Crippen LogP contribution in [-0.2, 0) is 6.54 Å². The second kappa shape index (κ2) is 8.96. The second-order valence-corrected chi connectivity index (χ2v) is 9.09. The third kappa shape index (κ3) is 4.88. The van der Waals surface area contributed by atoms with Crippen molar-refractivity contribution >= 4 is 17.2 Å². The van der Waals surface area contributed by atoms with Crippen LogP contribution in [0.1, 0.15) is 33.9 Å². The van der Waals surface area contributed by atoms with Crippen LogP contribution in [0.25, 0.3) is 11.1 Å². The third-order valence-electron chi connectivity index (χ3n) is 5.35. The SMILES string of the molecule is Cc1nc(NCc2nnc(C)s2)cc(OCC2CC2c2ccc(-c3ccncc3)cn2)n1. The van der Waals surface area contributed by atoms with Gasteiger partial charge in [-0.15, -0.1) is 10.2 Å². The van der Waals surface area contributed by atoms with Crippen LogP contribution in [0, 0.1) is 19.8 Å². The number of hydrogen-bond donors (Lipinski definition) is 1. The van der Waals surface area contributed by atoms with Gasteiger partial charge in [-0.3, -0.25) is 9.97 Å². The number of nitrogens with zero attached hydrogens (tertiary/aromatic N) is 6. The summed E-state index contributed by atoms with van der Waals surface area (Å²) in [4.78, 5) is 17.6. The summed E-state index contributed by atoms with van der Waals surface area (Å²) in [5.74, 6) is 2.85. The van der Waals surface area contributed by atoms with Gasteiger partial charge < -0.3 is 10.1 Å². The molecule has 0 aromatic carbocycles. The van der Waals surface area contributed by atoms with Gasteiger partial charge in [0, 0.05) is 47.8 Å². The molecule has 4 aromatic rings. The molecule has 9 heteroatoms. The second-order valence-electron chi connectivity index (χ2n) is 7.83. The Labute approximate surface area is 190 Å². The average molecular weight is 446 g/mol. The maximum absolute atomic E-state index is 6.00. The predicted octanol–water partition coefficient (Wildman–Crippen LogP) is 4.20. The number of hydrogen-bond acceptors (Lipinski definition) is 9. The molecule has 0 bridgehead atoms. The molecule has 1 fully saturated rings. The van der Waals surface area contributed by atoms with Crippen molar-refractivity contribution in [3.8, 4) is 17.0 Å². The molecule has 1 saturated carbocycles. The van der Waals surface area contributed by atoms with E-state index in [0.717, 1.165) is 39.1 Å². The summed E-state index contributed by atoms with van der Waals surface area (Å²) < 4.78 is 6.00. The van der Waals surface area contributed by atoms with Crippen LogP contribution in [0.15, 0.2) is 48.9 Å². The summed E-state index contributed by atoms with van der Waals surface area (Å²) in [5, 5.41) is 13.3. The van der Waals surface area contributed by atoms with Crippen molar-refractivity contribution in [3.05, 3.63) is 70.5 Å². The number of pyridine rings is 2. The van der Waals surface area contributed by atoms with Crippen molar-refractivity contribution in [2.24, 2.45) is 5.92 Å². The van der Waals surface area contributed by atoms with E-state index >= 15 is 0 Å². The first-order valence-electron chi connectivity index (χ1n) is 10.5. The number of aromatic nitrogens is 6. The van der Waals surface area contributed by atoms with E-state index in [1.165, 1.54) is 0 Å². The number of aryl methyl sites for hydroxylation is 2. The molecule has 2 atom stereocenters. The third-order valence-corrected chi connectivity index (χ3v) is 6.19. The lowest BCUT2D eigenvalue weighted by atomic mass is 10.1. The van der Waals surface area contributed by atoms with Gasteiger partial charge >= 0.3 is 0 Å². The molecule has 0 radical (unpaired) electrons. The largest absolute Gasteiger partial charge is 0.477 e. The highest BCUT2D eigenvalue weighted by Gasteiger charge is 2.40. The Bertz CT molecular complexity index is 1200. The van der Waals surface area contributed by atoms with Gasteiger partial charge in [-0.2, -0.15) is 4.98 Å². The Hall–Kier alpha value is -3.46. The smallest absolute Gasteiger partial charge is 0.218 e. The van der Waals surface area contributed by atoms with Crippen molar-refractivity contribution in [1.82, 2.24) is 30.1 Å². The molecular weight excluding hydrogens is 422 g/mol. The van der Waals surface area contributed by atoms with E-state index < -0.39 is 0 Å². The Morgan fingerprint density at radius 1 is 1.06 bits per heavy atom. The molecular formula is C23H23N7OS. The lowest BCUT2D eigenvalue weighted by Gasteiger charge is -2.09. The summed E-state index contributed by atoms with van der Waals surface area (Å²) in [7, 11) is 0. The minimum atomic E-state index is 0.433. The molecule has 4 heterocycles. The number of rotatable bonds is 8. The minimum Gasteiger partial charge on any atom is -0.477 e. The fourth-order valence-electron chi connectivity index (χ4n) is 3.61. The summed E-state index contributed by atoms with van der Waals surface area (Å²) in [5.41, 5.74) is 3.34. The molecule has 5 rings (SSSR count). The number of ether oxygens (including phenoxy) is 1. The molecule has 4 aromatic heterocycles. The predicted molar refractivity (Wildman–Crippen MR) is 123 cm³/mol. The van der Waals surface area contributed by atoms with Crippen molar-refractivity contribution in [2.45, 2.75) is 32.7 Å². The molecule has 2 unspecified atom stereocenters. The zero-order valence-electron chi connectivity index (χ0n) is 17.9. The molecule has 0 aliphatic heterocycles. The Morgan fingerprint density at radius 2 is 1.94 bits per heavy atom. The van der Waals surface area contributed by atoms with Gasteiger partial charge in [0.1, 0.15) is 21.7 Å². The van der Waals surface area contributed by atoms with Gasteiger partial charge in [0.15, 0.2) is 0 Å². The number of anilines is 1. The van der Waals surface area contributed by atoms with E-state index in [-0.39, 0.29) is 0 Å². The van der Waals surface area contributed by atoms with Crippen LogP contribution in [0.4, 0.5) is 5.82 Å². The molecule has 32 heavy (non-hydrogen) atoms. The topological polar surface area (TPSA) is 98.6 Å². The van der Waals surface area contributed by atoms with Crippen LogP contribution < -0.4 is 10.1 Å². The zero-order valence-corrected chi connectivity index (χ0v) is 18.7. The maximum atomic E-state index is 6.00. The van der Waals surface area contributed by atoms with E-state index in [9.17, 15) is 0 Å². The molecule has 1 N–H and O–H groups in total. The van der Waals surface area contributed by atoms with Crippen LogP contribution in [0.3, 0.4) is 0 Å². The van der Waals surface area contributed by atoms with Gasteiger partial charge in [0.2, 0.25) is 5.88 Å². The van der Waals surface area contributed by atoms with Crippen LogP contribution >= 0.6 is 11.3 Å². The van der Waals surface area contributed by atoms with Gasteiger partial charge in [0.25, 0.3) is 0 Å². The minimum absolute atomic E-state index is 0.433. The van der Waals surface area contributed by atoms with Crippen molar-refractivity contribution in [2.75, 3.05) is 11.9 Å². The van der Waals surface area contributed by atoms with Gasteiger partial charge in [-0.05, 0) is 44.0 Å². The Morgan fingerprint density at radius 3 is 2.69 bits per heavy atom. The van der Waals surface area contributed by atoms with Gasteiger partial charge in [-0.25, -0.2) is 4.98 Å². The maximum Gasteiger partial charge on any atom is 0.218 e. The van der Waals surface area contributed by atoms with E-state index in [0.29, 0.717) is 36.7 Å². The summed E-state index contributed by atoms with van der Waals surface area (Å²) in [6, 6.07) is 10.1.